The van der Waals surface area contributed by atoms with Gasteiger partial charge in [-0.3, -0.25) is 18.7 Å². The number of rotatable bonds is 8. The minimum Gasteiger partial charge on any atom is -0.399 e. The van der Waals surface area contributed by atoms with E-state index < -0.39 is 7.12 Å². The quantitative estimate of drug-likeness (QED) is 0.141. The van der Waals surface area contributed by atoms with Crippen LogP contribution in [-0.4, -0.2) is 67.4 Å². The van der Waals surface area contributed by atoms with Crippen molar-refractivity contribution in [1.29, 1.82) is 0 Å². The minimum atomic E-state index is -0.425. The number of aromatic amines is 2. The largest absolute Gasteiger partial charge is 0.494 e. The Bertz CT molecular complexity index is 3670. The van der Waals surface area contributed by atoms with E-state index in [0.29, 0.717) is 51.5 Å². The first-order valence-electron chi connectivity index (χ1n) is 23.3. The molecule has 0 bridgehead atoms. The zero-order valence-corrected chi connectivity index (χ0v) is 41.3. The second-order valence-corrected chi connectivity index (χ2v) is 17.8. The van der Waals surface area contributed by atoms with E-state index in [2.05, 4.69) is 30.6 Å². The molecule has 6 aromatic carbocycles. The van der Waals surface area contributed by atoms with Crippen molar-refractivity contribution in [2.45, 2.75) is 65.8 Å². The number of benzene rings is 6. The molecule has 364 valence electrons. The smallest absolute Gasteiger partial charge is 0.399 e. The van der Waals surface area contributed by atoms with Crippen molar-refractivity contribution in [1.82, 2.24) is 49.1 Å². The van der Waals surface area contributed by atoms with Crippen LogP contribution >= 0.6 is 11.6 Å². The summed E-state index contributed by atoms with van der Waals surface area (Å²) in [6.45, 7) is 13.1. The standard InChI is InChI=1S/C23H17N5O2.C21H24BN3O3.C8H5ClN2O.C2H6/c29-22-20-9-5-4-8-19(20)21(25-26-22)17-10-12-18(13-11-17)28-23(30)27(15-24-28)14-16-6-2-1-3-7-16;1-20(2)21(3,4)28-22(27-20)17-10-12-18(13-11-17)25-19(26)24(15-23-25)14-16-8-6-5-7-9-16;9-7-5-3-1-2-4-6(5)8(12)11-10-7;1-2/h1-13,15H,14H2,(H,26,29);5-13,15H,14H2,1-4H3;1-4H,(H,11,12);1-2H3. The number of halogens is 1. The molecule has 18 heteroatoms. The Morgan fingerprint density at radius 2 is 0.917 bits per heavy atom. The molecule has 1 aliphatic heterocycles. The van der Waals surface area contributed by atoms with E-state index in [4.69, 9.17) is 20.9 Å². The Balaban J connectivity index is 0.000000153. The maximum Gasteiger partial charge on any atom is 0.494 e. The molecule has 1 fully saturated rings. The van der Waals surface area contributed by atoms with Crippen molar-refractivity contribution in [3.05, 3.63) is 228 Å². The third-order valence-electron chi connectivity index (χ3n) is 12.3. The fraction of sp³-hybridized carbons (Fsp3) is 0.185. The van der Waals surface area contributed by atoms with Gasteiger partial charge in [0.2, 0.25) is 0 Å². The molecule has 0 spiro atoms. The highest BCUT2D eigenvalue weighted by Crippen LogP contribution is 2.36. The summed E-state index contributed by atoms with van der Waals surface area (Å²) in [7, 11) is -0.425. The van der Waals surface area contributed by atoms with Gasteiger partial charge in [0, 0.05) is 16.3 Å². The maximum atomic E-state index is 12.8. The van der Waals surface area contributed by atoms with Crippen LogP contribution in [0.3, 0.4) is 0 Å². The van der Waals surface area contributed by atoms with Crippen LogP contribution in [0.25, 0.3) is 44.2 Å². The van der Waals surface area contributed by atoms with Gasteiger partial charge in [0.25, 0.3) is 11.1 Å². The molecule has 5 heterocycles. The Morgan fingerprint density at radius 3 is 1.39 bits per heavy atom. The van der Waals surface area contributed by atoms with Gasteiger partial charge in [-0.05, 0) is 80.7 Å². The van der Waals surface area contributed by atoms with Gasteiger partial charge in [-0.15, -0.1) is 0 Å². The molecular weight excluding hydrogens is 931 g/mol. The van der Waals surface area contributed by atoms with Gasteiger partial charge in [0.05, 0.1) is 52.1 Å². The fourth-order valence-electron chi connectivity index (χ4n) is 7.73. The highest BCUT2D eigenvalue weighted by molar-refractivity contribution is 6.62. The topological polar surface area (TPSA) is 190 Å². The number of hydrogen-bond donors (Lipinski definition) is 2. The molecule has 0 aliphatic carbocycles. The highest BCUT2D eigenvalue weighted by atomic mass is 35.5. The van der Waals surface area contributed by atoms with E-state index in [1.807, 2.05) is 175 Å². The lowest BCUT2D eigenvalue weighted by Crippen LogP contribution is -2.41. The lowest BCUT2D eigenvalue weighted by molar-refractivity contribution is 0.00578. The number of nitrogens with zero attached hydrogens (tertiary/aromatic N) is 8. The van der Waals surface area contributed by atoms with E-state index in [1.54, 1.807) is 46.1 Å². The summed E-state index contributed by atoms with van der Waals surface area (Å²) in [5, 5.41) is 24.2. The van der Waals surface area contributed by atoms with Crippen LogP contribution in [0, 0.1) is 0 Å². The molecule has 4 aromatic heterocycles. The first-order chi connectivity index (χ1) is 34.8. The van der Waals surface area contributed by atoms with E-state index in [0.717, 1.165) is 27.5 Å². The van der Waals surface area contributed by atoms with Crippen molar-refractivity contribution in [3.8, 4) is 22.6 Å². The summed E-state index contributed by atoms with van der Waals surface area (Å²) >= 11 is 5.75. The predicted molar refractivity (Wildman–Crippen MR) is 283 cm³/mol. The first-order valence-corrected chi connectivity index (χ1v) is 23.7. The lowest BCUT2D eigenvalue weighted by Gasteiger charge is -2.32. The van der Waals surface area contributed by atoms with Gasteiger partial charge >= 0.3 is 18.5 Å². The highest BCUT2D eigenvalue weighted by Gasteiger charge is 2.51. The van der Waals surface area contributed by atoms with Crippen LogP contribution in [0.1, 0.15) is 52.7 Å². The van der Waals surface area contributed by atoms with Crippen LogP contribution in [0.4, 0.5) is 0 Å². The van der Waals surface area contributed by atoms with Crippen molar-refractivity contribution in [2.24, 2.45) is 0 Å². The van der Waals surface area contributed by atoms with Gasteiger partial charge in [-0.2, -0.15) is 29.8 Å². The van der Waals surface area contributed by atoms with Crippen LogP contribution in [0.5, 0.6) is 0 Å². The number of H-pyrrole nitrogens is 2. The summed E-state index contributed by atoms with van der Waals surface area (Å²) in [5.74, 6) is 0. The maximum absolute atomic E-state index is 12.8. The average Bonchev–Trinajstić information content (AvgIpc) is 4.03. The number of aromatic nitrogens is 10. The average molecular weight is 983 g/mol. The molecule has 1 aliphatic rings. The van der Waals surface area contributed by atoms with Crippen molar-refractivity contribution >= 4 is 45.7 Å². The second-order valence-electron chi connectivity index (χ2n) is 17.4. The number of hydrogen-bond acceptors (Lipinski definition) is 10. The molecule has 16 nitrogen and oxygen atoms in total. The van der Waals surface area contributed by atoms with Crippen LogP contribution in [-0.2, 0) is 22.4 Å². The fourth-order valence-corrected chi connectivity index (χ4v) is 7.94. The molecular formula is C54H52BClN10O6. The Hall–Kier alpha value is -8.25. The van der Waals surface area contributed by atoms with E-state index in [-0.39, 0.29) is 33.7 Å². The molecule has 2 N–H and O–H groups in total. The molecule has 0 unspecified atom stereocenters. The van der Waals surface area contributed by atoms with Crippen molar-refractivity contribution in [3.63, 3.8) is 0 Å². The normalized spacial score (nSPS) is 13.3. The molecule has 72 heavy (non-hydrogen) atoms. The van der Waals surface area contributed by atoms with Crippen molar-refractivity contribution < 1.29 is 9.31 Å². The molecule has 0 amide bonds. The molecule has 1 saturated heterocycles. The van der Waals surface area contributed by atoms with Gasteiger partial charge in [0.15, 0.2) is 5.15 Å². The van der Waals surface area contributed by atoms with Gasteiger partial charge in [-0.25, -0.2) is 19.8 Å². The van der Waals surface area contributed by atoms with Gasteiger partial charge in [-0.1, -0.05) is 147 Å². The van der Waals surface area contributed by atoms with Crippen LogP contribution < -0.4 is 28.0 Å². The summed E-state index contributed by atoms with van der Waals surface area (Å²) in [5.41, 5.74) is 4.29. The number of nitrogens with one attached hydrogen (secondary N) is 2. The molecule has 0 saturated carbocycles. The second kappa shape index (κ2) is 21.8. The summed E-state index contributed by atoms with van der Waals surface area (Å²) in [6, 6.07) is 49.0. The Labute approximate surface area is 419 Å². The van der Waals surface area contributed by atoms with Crippen LogP contribution in [0.2, 0.25) is 5.15 Å². The predicted octanol–water partition coefficient (Wildman–Crippen LogP) is 7.97. The van der Waals surface area contributed by atoms with Crippen molar-refractivity contribution in [2.75, 3.05) is 0 Å². The molecule has 0 radical (unpaired) electrons. The Morgan fingerprint density at radius 1 is 0.514 bits per heavy atom. The van der Waals surface area contributed by atoms with E-state index >= 15 is 0 Å². The SMILES string of the molecule is CC.CC1(C)OB(c2ccc(-n3ncn(Cc4ccccc4)c3=O)cc2)OC1(C)C.O=c1[nH]nc(-c2ccc(-n3ncn(Cc4ccccc4)c3=O)cc2)c2ccccc12.O=c1[nH]nc(Cl)c2ccccc12. The summed E-state index contributed by atoms with van der Waals surface area (Å²) < 4.78 is 18.1. The lowest BCUT2D eigenvalue weighted by atomic mass is 9.79. The van der Waals surface area contributed by atoms with Gasteiger partial charge in [0.1, 0.15) is 12.7 Å². The molecule has 0 atom stereocenters. The van der Waals surface area contributed by atoms with E-state index in [1.165, 1.54) is 9.36 Å². The first kappa shape index (κ1) is 50.2. The Kier molecular flexibility index (Phi) is 15.2. The third kappa shape index (κ3) is 10.9. The molecule has 10 aromatic rings. The third-order valence-corrected chi connectivity index (χ3v) is 12.5. The monoisotopic (exact) mass is 982 g/mol. The minimum absolute atomic E-state index is 0.174. The summed E-state index contributed by atoms with van der Waals surface area (Å²) in [6.07, 6.45) is 3.11. The van der Waals surface area contributed by atoms with Gasteiger partial charge < -0.3 is 9.31 Å². The zero-order chi connectivity index (χ0) is 51.0. The summed E-state index contributed by atoms with van der Waals surface area (Å²) in [4.78, 5) is 48.6. The van der Waals surface area contributed by atoms with Crippen LogP contribution in [0.15, 0.2) is 190 Å². The number of fused-ring (bicyclic) bond motifs is 2. The van der Waals surface area contributed by atoms with E-state index in [9.17, 15) is 19.2 Å². The molecule has 11 rings (SSSR count). The zero-order valence-electron chi connectivity index (χ0n) is 40.6.